The van der Waals surface area contributed by atoms with E-state index in [2.05, 4.69) is 17.1 Å². The van der Waals surface area contributed by atoms with Gasteiger partial charge in [-0.05, 0) is 69.2 Å². The fourth-order valence-electron chi connectivity index (χ4n) is 2.71. The summed E-state index contributed by atoms with van der Waals surface area (Å²) in [6.07, 6.45) is 1.93. The summed E-state index contributed by atoms with van der Waals surface area (Å²) in [7, 11) is 0. The molecule has 29 heavy (non-hydrogen) atoms. The van der Waals surface area contributed by atoms with E-state index in [1.807, 2.05) is 98.8 Å². The number of nitrogens with one attached hydrogen (secondary N) is 1. The van der Waals surface area contributed by atoms with Gasteiger partial charge in [-0.2, -0.15) is 0 Å². The van der Waals surface area contributed by atoms with Crippen molar-refractivity contribution >= 4 is 16.7 Å². The van der Waals surface area contributed by atoms with Crippen LogP contribution in [0.25, 0.3) is 22.0 Å². The fourth-order valence-corrected chi connectivity index (χ4v) is 2.71. The van der Waals surface area contributed by atoms with Crippen molar-refractivity contribution < 1.29 is 9.53 Å². The zero-order valence-corrected chi connectivity index (χ0v) is 19.9. The van der Waals surface area contributed by atoms with Crippen molar-refractivity contribution in [3.8, 4) is 16.9 Å². The third kappa shape index (κ3) is 7.77. The van der Waals surface area contributed by atoms with E-state index in [9.17, 15) is 4.79 Å². The maximum absolute atomic E-state index is 11.9. The van der Waals surface area contributed by atoms with Gasteiger partial charge in [0.2, 0.25) is 0 Å². The first-order valence-electron chi connectivity index (χ1n) is 10.7. The Morgan fingerprint density at radius 2 is 1.52 bits per heavy atom. The minimum absolute atomic E-state index is 0.0341. The first-order valence-corrected chi connectivity index (χ1v) is 10.7. The lowest BCUT2D eigenvalue weighted by atomic mass is 9.98. The summed E-state index contributed by atoms with van der Waals surface area (Å²) in [5.41, 5.74) is 3.50. The molecule has 0 aliphatic carbocycles. The van der Waals surface area contributed by atoms with Crippen LogP contribution in [-0.2, 0) is 0 Å². The van der Waals surface area contributed by atoms with Crippen molar-refractivity contribution in [2.24, 2.45) is 0 Å². The number of H-pyrrole nitrogens is 1. The Morgan fingerprint density at radius 3 is 2.07 bits per heavy atom. The van der Waals surface area contributed by atoms with Crippen LogP contribution in [0.1, 0.15) is 79.6 Å². The standard InChI is InChI=1S/C20H21NO2.3C2H6/c1-13(22)14-10-15(12-16(11-14)23-20(2,3)4)17-6-5-7-19-18(17)8-9-21-19;3*1-2/h5-12,21H,1-4H3;3*1-2H3. The molecule has 0 saturated carbocycles. The van der Waals surface area contributed by atoms with Gasteiger partial charge in [0.1, 0.15) is 11.4 Å². The fraction of sp³-hybridized carbons (Fsp3) is 0.423. The first-order chi connectivity index (χ1) is 13.8. The molecule has 0 atom stereocenters. The smallest absolute Gasteiger partial charge is 0.159 e. The van der Waals surface area contributed by atoms with Gasteiger partial charge in [-0.25, -0.2) is 0 Å². The molecule has 3 aromatic rings. The van der Waals surface area contributed by atoms with Gasteiger partial charge >= 0.3 is 0 Å². The Labute approximate surface area is 177 Å². The number of ether oxygens (including phenoxy) is 1. The third-order valence-corrected chi connectivity index (χ3v) is 3.64. The minimum atomic E-state index is -0.313. The van der Waals surface area contributed by atoms with Gasteiger partial charge in [0.15, 0.2) is 5.78 Å². The SMILES string of the molecule is CC.CC.CC.CC(=O)c1cc(OC(C)(C)C)cc(-c2cccc3[nH]ccc23)c1. The van der Waals surface area contributed by atoms with Crippen LogP contribution in [0.2, 0.25) is 0 Å². The average molecular weight is 398 g/mol. The van der Waals surface area contributed by atoms with Crippen LogP contribution >= 0.6 is 0 Å². The topological polar surface area (TPSA) is 42.1 Å². The van der Waals surface area contributed by atoms with Crippen LogP contribution in [-0.4, -0.2) is 16.4 Å². The lowest BCUT2D eigenvalue weighted by Crippen LogP contribution is -2.23. The number of rotatable bonds is 3. The monoisotopic (exact) mass is 397 g/mol. The molecular weight excluding hydrogens is 358 g/mol. The van der Waals surface area contributed by atoms with E-state index in [1.54, 1.807) is 6.92 Å². The number of carbonyl (C=O) groups excluding carboxylic acids is 1. The predicted octanol–water partition coefficient (Wildman–Crippen LogP) is 8.29. The molecule has 0 amide bonds. The molecule has 0 fully saturated rings. The minimum Gasteiger partial charge on any atom is -0.488 e. The Balaban J connectivity index is 0.00000120. The molecule has 1 N–H and O–H groups in total. The number of carbonyl (C=O) groups is 1. The molecule has 0 aliphatic heterocycles. The first kappa shape index (κ1) is 26.4. The van der Waals surface area contributed by atoms with Crippen molar-refractivity contribution in [1.82, 2.24) is 4.98 Å². The van der Waals surface area contributed by atoms with E-state index >= 15 is 0 Å². The summed E-state index contributed by atoms with van der Waals surface area (Å²) in [6, 6.07) is 13.9. The highest BCUT2D eigenvalue weighted by atomic mass is 16.5. The Bertz CT molecular complexity index is 870. The molecule has 0 unspecified atom stereocenters. The van der Waals surface area contributed by atoms with Crippen LogP contribution in [0.5, 0.6) is 5.75 Å². The number of benzene rings is 2. The lowest BCUT2D eigenvalue weighted by Gasteiger charge is -2.22. The van der Waals surface area contributed by atoms with Gasteiger partial charge in [0.05, 0.1) is 0 Å². The van der Waals surface area contributed by atoms with E-state index in [0.29, 0.717) is 11.3 Å². The van der Waals surface area contributed by atoms with Crippen LogP contribution in [0.15, 0.2) is 48.7 Å². The van der Waals surface area contributed by atoms with Gasteiger partial charge in [0.25, 0.3) is 0 Å². The van der Waals surface area contributed by atoms with Crippen LogP contribution in [0.4, 0.5) is 0 Å². The molecular formula is C26H39NO2. The molecule has 160 valence electrons. The summed E-state index contributed by atoms with van der Waals surface area (Å²) in [4.78, 5) is 15.1. The molecule has 3 heteroatoms. The van der Waals surface area contributed by atoms with Crippen LogP contribution < -0.4 is 4.74 Å². The summed E-state index contributed by atoms with van der Waals surface area (Å²) in [5, 5.41) is 1.13. The zero-order chi connectivity index (χ0) is 22.6. The second-order valence-corrected chi connectivity index (χ2v) is 6.76. The molecule has 1 aromatic heterocycles. The third-order valence-electron chi connectivity index (χ3n) is 3.64. The van der Waals surface area contributed by atoms with Gasteiger partial charge in [0, 0.05) is 22.7 Å². The van der Waals surface area contributed by atoms with Gasteiger partial charge in [-0.1, -0.05) is 53.7 Å². The summed E-state index contributed by atoms with van der Waals surface area (Å²) < 4.78 is 5.99. The number of hydrogen-bond acceptors (Lipinski definition) is 2. The van der Waals surface area contributed by atoms with E-state index in [1.165, 1.54) is 0 Å². The highest BCUT2D eigenvalue weighted by Crippen LogP contribution is 2.32. The van der Waals surface area contributed by atoms with Crippen molar-refractivity contribution in [3.63, 3.8) is 0 Å². The second-order valence-electron chi connectivity index (χ2n) is 6.76. The largest absolute Gasteiger partial charge is 0.488 e. The highest BCUT2D eigenvalue weighted by Gasteiger charge is 2.15. The van der Waals surface area contributed by atoms with Crippen molar-refractivity contribution in [3.05, 3.63) is 54.2 Å². The second kappa shape index (κ2) is 12.8. The Kier molecular flexibility index (Phi) is 11.7. The number of ketones is 1. The molecule has 2 aromatic carbocycles. The molecule has 0 bridgehead atoms. The summed E-state index contributed by atoms with van der Waals surface area (Å²) >= 11 is 0. The molecule has 0 aliphatic rings. The zero-order valence-electron chi connectivity index (χ0n) is 19.9. The number of aromatic amines is 1. The molecule has 3 rings (SSSR count). The molecule has 1 heterocycles. The van der Waals surface area contributed by atoms with Crippen LogP contribution in [0, 0.1) is 0 Å². The van der Waals surface area contributed by atoms with E-state index in [-0.39, 0.29) is 11.4 Å². The number of Topliss-reactive ketones (excluding diaryl/α,β-unsaturated/α-hetero) is 1. The van der Waals surface area contributed by atoms with E-state index < -0.39 is 0 Å². The maximum atomic E-state index is 11.9. The van der Waals surface area contributed by atoms with E-state index in [0.717, 1.165) is 22.0 Å². The predicted molar refractivity (Wildman–Crippen MR) is 128 cm³/mol. The van der Waals surface area contributed by atoms with E-state index in [4.69, 9.17) is 4.74 Å². The molecule has 0 radical (unpaired) electrons. The normalized spacial score (nSPS) is 9.86. The number of fused-ring (bicyclic) bond motifs is 1. The number of aromatic nitrogens is 1. The summed E-state index contributed by atoms with van der Waals surface area (Å²) in [5.74, 6) is 0.750. The van der Waals surface area contributed by atoms with Gasteiger partial charge in [-0.15, -0.1) is 0 Å². The average Bonchev–Trinajstić information content (AvgIpc) is 3.20. The van der Waals surface area contributed by atoms with Crippen molar-refractivity contribution in [1.29, 1.82) is 0 Å². The van der Waals surface area contributed by atoms with Crippen molar-refractivity contribution in [2.45, 2.75) is 74.8 Å². The van der Waals surface area contributed by atoms with Gasteiger partial charge < -0.3 is 9.72 Å². The van der Waals surface area contributed by atoms with Crippen LogP contribution in [0.3, 0.4) is 0 Å². The van der Waals surface area contributed by atoms with Crippen molar-refractivity contribution in [2.75, 3.05) is 0 Å². The number of hydrogen-bond donors (Lipinski definition) is 1. The molecule has 0 saturated heterocycles. The molecule has 3 nitrogen and oxygen atoms in total. The Morgan fingerprint density at radius 1 is 0.897 bits per heavy atom. The quantitative estimate of drug-likeness (QED) is 0.452. The molecule has 0 spiro atoms. The van der Waals surface area contributed by atoms with Gasteiger partial charge in [-0.3, -0.25) is 4.79 Å². The lowest BCUT2D eigenvalue weighted by molar-refractivity contribution is 0.101. The highest BCUT2D eigenvalue weighted by molar-refractivity contribution is 5.99. The summed E-state index contributed by atoms with van der Waals surface area (Å²) in [6.45, 7) is 19.6. The maximum Gasteiger partial charge on any atom is 0.159 e. The Hall–Kier alpha value is -2.55.